The third-order valence-corrected chi connectivity index (χ3v) is 5.53. The summed E-state index contributed by atoms with van der Waals surface area (Å²) in [5, 5.41) is 7.54. The van der Waals surface area contributed by atoms with E-state index >= 15 is 0 Å². The third-order valence-electron chi connectivity index (χ3n) is 5.53. The lowest BCUT2D eigenvalue weighted by Gasteiger charge is -2.28. The monoisotopic (exact) mass is 397 g/mol. The van der Waals surface area contributed by atoms with Gasteiger partial charge >= 0.3 is 0 Å². The van der Waals surface area contributed by atoms with Crippen LogP contribution in [0.2, 0.25) is 0 Å². The molecule has 1 aliphatic heterocycles. The molecular formula is C21H19N9. The minimum Gasteiger partial charge on any atom is -0.368 e. The van der Waals surface area contributed by atoms with E-state index in [2.05, 4.69) is 35.0 Å². The number of imidazole rings is 1. The van der Waals surface area contributed by atoms with Crippen molar-refractivity contribution in [2.45, 2.75) is 19.3 Å². The molecule has 2 N–H and O–H groups in total. The van der Waals surface area contributed by atoms with E-state index in [-0.39, 0.29) is 0 Å². The van der Waals surface area contributed by atoms with E-state index in [1.54, 1.807) is 18.6 Å². The van der Waals surface area contributed by atoms with E-state index in [0.29, 0.717) is 17.2 Å². The van der Waals surface area contributed by atoms with E-state index in [1.807, 2.05) is 24.5 Å². The van der Waals surface area contributed by atoms with Gasteiger partial charge in [-0.05, 0) is 31.4 Å². The van der Waals surface area contributed by atoms with E-state index < -0.39 is 0 Å². The number of hydrogen-bond acceptors (Lipinski definition) is 7. The van der Waals surface area contributed by atoms with Crippen LogP contribution in [0.1, 0.15) is 19.3 Å². The van der Waals surface area contributed by atoms with Crippen LogP contribution in [0.15, 0.2) is 43.1 Å². The van der Waals surface area contributed by atoms with Crippen LogP contribution in [-0.2, 0) is 0 Å². The topological polar surface area (TPSA) is 112 Å². The maximum atomic E-state index is 4.90. The normalized spacial score (nSPS) is 14.6. The summed E-state index contributed by atoms with van der Waals surface area (Å²) < 4.78 is 0. The van der Waals surface area contributed by atoms with Gasteiger partial charge in [0.1, 0.15) is 16.7 Å². The molecule has 5 aromatic rings. The average Bonchev–Trinajstić information content (AvgIpc) is 3.43. The predicted molar refractivity (Wildman–Crippen MR) is 114 cm³/mol. The van der Waals surface area contributed by atoms with Crippen molar-refractivity contribution in [2.75, 3.05) is 18.0 Å². The number of H-pyrrole nitrogens is 2. The second-order valence-corrected chi connectivity index (χ2v) is 7.44. The second-order valence-electron chi connectivity index (χ2n) is 7.44. The Kier molecular flexibility index (Phi) is 3.90. The molecule has 9 heteroatoms. The van der Waals surface area contributed by atoms with Gasteiger partial charge in [-0.1, -0.05) is 0 Å². The first kappa shape index (κ1) is 17.0. The van der Waals surface area contributed by atoms with Crippen LogP contribution in [-0.4, -0.2) is 53.2 Å². The van der Waals surface area contributed by atoms with Crippen molar-refractivity contribution in [1.82, 2.24) is 40.1 Å². The molecule has 1 saturated heterocycles. The van der Waals surface area contributed by atoms with E-state index in [4.69, 9.17) is 9.97 Å². The summed E-state index contributed by atoms with van der Waals surface area (Å²) in [5.74, 6) is 0.673. The highest BCUT2D eigenvalue weighted by molar-refractivity contribution is 5.94. The Morgan fingerprint density at radius 3 is 2.60 bits per heavy atom. The number of rotatable bonds is 3. The highest BCUT2D eigenvalue weighted by Gasteiger charge is 2.19. The lowest BCUT2D eigenvalue weighted by atomic mass is 10.1. The molecule has 0 saturated carbocycles. The molecule has 148 valence electrons. The maximum absolute atomic E-state index is 4.90. The molecule has 6 rings (SSSR count). The summed E-state index contributed by atoms with van der Waals surface area (Å²) in [6.07, 6.45) is 12.4. The summed E-state index contributed by atoms with van der Waals surface area (Å²) in [7, 11) is 0. The molecule has 0 aromatic carbocycles. The first-order chi connectivity index (χ1) is 14.9. The average molecular weight is 397 g/mol. The van der Waals surface area contributed by atoms with Gasteiger partial charge in [-0.25, -0.2) is 9.97 Å². The van der Waals surface area contributed by atoms with Crippen molar-refractivity contribution < 1.29 is 0 Å². The summed E-state index contributed by atoms with van der Waals surface area (Å²) in [6, 6.07) is 3.86. The van der Waals surface area contributed by atoms with Gasteiger partial charge in [0.2, 0.25) is 0 Å². The first-order valence-electron chi connectivity index (χ1n) is 10.1. The third kappa shape index (κ3) is 2.78. The molecule has 9 nitrogen and oxygen atoms in total. The zero-order valence-corrected chi connectivity index (χ0v) is 16.2. The lowest BCUT2D eigenvalue weighted by Crippen LogP contribution is -2.29. The van der Waals surface area contributed by atoms with Crippen molar-refractivity contribution in [3.8, 4) is 22.9 Å². The number of nitrogens with one attached hydrogen (secondary N) is 2. The van der Waals surface area contributed by atoms with Crippen molar-refractivity contribution in [3.63, 3.8) is 0 Å². The van der Waals surface area contributed by atoms with E-state index in [0.717, 1.165) is 46.5 Å². The Bertz CT molecular complexity index is 1330. The van der Waals surface area contributed by atoms with Crippen LogP contribution in [0.25, 0.3) is 45.0 Å². The molecule has 0 amide bonds. The fraction of sp³-hybridized carbons (Fsp3) is 0.238. The molecule has 0 atom stereocenters. The fourth-order valence-electron chi connectivity index (χ4n) is 4.04. The van der Waals surface area contributed by atoms with Crippen LogP contribution >= 0.6 is 0 Å². The number of hydrogen-bond donors (Lipinski definition) is 2. The molecule has 0 unspecified atom stereocenters. The molecule has 6 heterocycles. The molecule has 0 spiro atoms. The van der Waals surface area contributed by atoms with Crippen LogP contribution in [0.5, 0.6) is 0 Å². The van der Waals surface area contributed by atoms with Crippen molar-refractivity contribution in [3.05, 3.63) is 43.1 Å². The first-order valence-corrected chi connectivity index (χ1v) is 10.1. The highest BCUT2D eigenvalue weighted by atomic mass is 15.2. The molecule has 1 aliphatic rings. The Morgan fingerprint density at radius 1 is 0.800 bits per heavy atom. The lowest BCUT2D eigenvalue weighted by molar-refractivity contribution is 0.578. The summed E-state index contributed by atoms with van der Waals surface area (Å²) in [4.78, 5) is 28.3. The summed E-state index contributed by atoms with van der Waals surface area (Å²) >= 11 is 0. The smallest absolute Gasteiger partial charge is 0.161 e. The SMILES string of the molecule is c1cnc(-c2ccc3[nH]nc(-c4nc5c(N6CCCCC6)cncc5[nH]4)c3n2)cn1. The van der Waals surface area contributed by atoms with Gasteiger partial charge in [0, 0.05) is 25.5 Å². The largest absolute Gasteiger partial charge is 0.368 e. The van der Waals surface area contributed by atoms with E-state index in [1.165, 1.54) is 19.3 Å². The Labute approximate surface area is 171 Å². The number of nitrogens with zero attached hydrogens (tertiary/aromatic N) is 7. The Balaban J connectivity index is 1.47. The van der Waals surface area contributed by atoms with Crippen LogP contribution < -0.4 is 4.90 Å². The van der Waals surface area contributed by atoms with Gasteiger partial charge in [0.15, 0.2) is 11.5 Å². The van der Waals surface area contributed by atoms with Crippen LogP contribution in [0.4, 0.5) is 5.69 Å². The number of fused-ring (bicyclic) bond motifs is 2. The predicted octanol–water partition coefficient (Wildman–Crippen LogP) is 3.34. The van der Waals surface area contributed by atoms with Crippen molar-refractivity contribution >= 4 is 27.8 Å². The fourth-order valence-corrected chi connectivity index (χ4v) is 4.04. The molecule has 5 aromatic heterocycles. The van der Waals surface area contributed by atoms with Crippen molar-refractivity contribution in [1.29, 1.82) is 0 Å². The van der Waals surface area contributed by atoms with Crippen molar-refractivity contribution in [2.24, 2.45) is 0 Å². The van der Waals surface area contributed by atoms with Gasteiger partial charge in [-0.15, -0.1) is 0 Å². The van der Waals surface area contributed by atoms with Crippen LogP contribution in [0.3, 0.4) is 0 Å². The quantitative estimate of drug-likeness (QED) is 0.480. The van der Waals surface area contributed by atoms with Crippen LogP contribution in [0, 0.1) is 0 Å². The number of aromatic amines is 2. The maximum Gasteiger partial charge on any atom is 0.161 e. The number of piperidine rings is 1. The Hall–Kier alpha value is -3.88. The molecular weight excluding hydrogens is 378 g/mol. The molecule has 0 aliphatic carbocycles. The van der Waals surface area contributed by atoms with Gasteiger partial charge < -0.3 is 9.88 Å². The van der Waals surface area contributed by atoms with Gasteiger partial charge in [0.05, 0.1) is 41.0 Å². The van der Waals surface area contributed by atoms with E-state index in [9.17, 15) is 0 Å². The minimum atomic E-state index is 0.673. The standard InChI is InChI=1S/C21H19N9/c1-2-8-30(9-3-1)17-12-23-11-16-18(17)27-21(26-16)20-19-14(28-29-20)5-4-13(25-19)15-10-22-6-7-24-15/h4-7,10-12H,1-3,8-9H2,(H,26,27)(H,28,29). The summed E-state index contributed by atoms with van der Waals surface area (Å²) in [6.45, 7) is 2.08. The van der Waals surface area contributed by atoms with Gasteiger partial charge in [0.25, 0.3) is 0 Å². The molecule has 1 fully saturated rings. The minimum absolute atomic E-state index is 0.673. The number of anilines is 1. The highest BCUT2D eigenvalue weighted by Crippen LogP contribution is 2.31. The molecule has 30 heavy (non-hydrogen) atoms. The second kappa shape index (κ2) is 6.87. The summed E-state index contributed by atoms with van der Waals surface area (Å²) in [5.41, 5.74) is 6.60. The number of pyridine rings is 2. The zero-order chi connectivity index (χ0) is 19.9. The van der Waals surface area contributed by atoms with Gasteiger partial charge in [-0.3, -0.25) is 20.1 Å². The molecule has 0 radical (unpaired) electrons. The number of aromatic nitrogens is 8. The van der Waals surface area contributed by atoms with Gasteiger partial charge in [-0.2, -0.15) is 5.10 Å². The molecule has 0 bridgehead atoms. The Morgan fingerprint density at radius 2 is 1.73 bits per heavy atom. The zero-order valence-electron chi connectivity index (χ0n) is 16.2.